The topological polar surface area (TPSA) is 40.7 Å². The fourth-order valence-electron chi connectivity index (χ4n) is 1.52. The minimum atomic E-state index is 0.238. The number of hydrogen-bond acceptors (Lipinski definition) is 3. The molecule has 0 radical (unpaired) electrons. The van der Waals surface area contributed by atoms with Gasteiger partial charge < -0.3 is 10.3 Å². The molecule has 1 unspecified atom stereocenters. The van der Waals surface area contributed by atoms with E-state index in [-0.39, 0.29) is 5.37 Å². The van der Waals surface area contributed by atoms with E-state index >= 15 is 0 Å². The van der Waals surface area contributed by atoms with E-state index in [0.29, 0.717) is 0 Å². The van der Waals surface area contributed by atoms with E-state index in [1.165, 1.54) is 0 Å². The third-order valence-corrected chi connectivity index (χ3v) is 3.11. The van der Waals surface area contributed by atoms with Crippen LogP contribution in [0.3, 0.4) is 0 Å². The van der Waals surface area contributed by atoms with Crippen LogP contribution in [0.2, 0.25) is 0 Å². The summed E-state index contributed by atoms with van der Waals surface area (Å²) in [4.78, 5) is 7.82. The van der Waals surface area contributed by atoms with E-state index in [4.69, 9.17) is 0 Å². The fourth-order valence-corrected chi connectivity index (χ4v) is 2.24. The van der Waals surface area contributed by atoms with Crippen molar-refractivity contribution in [1.29, 1.82) is 0 Å². The van der Waals surface area contributed by atoms with Crippen molar-refractivity contribution < 1.29 is 0 Å². The highest BCUT2D eigenvalue weighted by atomic mass is 32.2. The Hall–Kier alpha value is -1.42. The molecule has 0 spiro atoms. The zero-order valence-corrected chi connectivity index (χ0v) is 8.21. The number of rotatable bonds is 1. The number of imidazole rings is 1. The maximum absolute atomic E-state index is 4.52. The highest BCUT2D eigenvalue weighted by Gasteiger charge is 2.16. The number of thioether (sulfide) groups is 1. The zero-order chi connectivity index (χ0) is 9.38. The van der Waals surface area contributed by atoms with E-state index in [1.54, 1.807) is 11.8 Å². The summed E-state index contributed by atoms with van der Waals surface area (Å²) in [5.74, 6) is 0.987. The summed E-state index contributed by atoms with van der Waals surface area (Å²) in [5.41, 5.74) is 2.12. The molecular formula is C10H9N3S. The molecule has 0 aliphatic carbocycles. The number of para-hydroxylation sites is 2. The van der Waals surface area contributed by atoms with Crippen LogP contribution in [0.5, 0.6) is 0 Å². The van der Waals surface area contributed by atoms with Gasteiger partial charge in [-0.3, -0.25) is 0 Å². The third-order valence-electron chi connectivity index (χ3n) is 2.19. The molecule has 3 nitrogen and oxygen atoms in total. The SMILES string of the molecule is C1=CSC(c2nc3ccccc3[nH]2)N1. The van der Waals surface area contributed by atoms with Gasteiger partial charge in [0.15, 0.2) is 0 Å². The minimum Gasteiger partial charge on any atom is -0.372 e. The van der Waals surface area contributed by atoms with Crippen LogP contribution < -0.4 is 5.32 Å². The van der Waals surface area contributed by atoms with Gasteiger partial charge in [0.1, 0.15) is 11.2 Å². The van der Waals surface area contributed by atoms with Crippen LogP contribution in [0.15, 0.2) is 35.9 Å². The van der Waals surface area contributed by atoms with Crippen molar-refractivity contribution >= 4 is 22.8 Å². The van der Waals surface area contributed by atoms with E-state index < -0.39 is 0 Å². The zero-order valence-electron chi connectivity index (χ0n) is 7.40. The molecule has 14 heavy (non-hydrogen) atoms. The monoisotopic (exact) mass is 203 g/mol. The summed E-state index contributed by atoms with van der Waals surface area (Å²) >= 11 is 1.73. The largest absolute Gasteiger partial charge is 0.372 e. The van der Waals surface area contributed by atoms with E-state index in [1.807, 2.05) is 35.9 Å². The Morgan fingerprint density at radius 2 is 2.21 bits per heavy atom. The molecule has 2 N–H and O–H groups in total. The lowest BCUT2D eigenvalue weighted by atomic mass is 10.3. The number of nitrogens with zero attached hydrogens (tertiary/aromatic N) is 1. The average molecular weight is 203 g/mol. The lowest BCUT2D eigenvalue weighted by Crippen LogP contribution is -2.08. The number of benzene rings is 1. The standard InChI is InChI=1S/C10H9N3S/c1-2-4-8-7(3-1)12-9(13-8)10-11-5-6-14-10/h1-6,10-11H,(H,12,13). The number of aromatic amines is 1. The molecule has 2 aromatic rings. The molecule has 1 aromatic heterocycles. The second-order valence-corrected chi connectivity index (χ2v) is 4.14. The Balaban J connectivity index is 2.05. The van der Waals surface area contributed by atoms with E-state index in [2.05, 4.69) is 15.3 Å². The number of fused-ring (bicyclic) bond motifs is 1. The Bertz CT molecular complexity index is 448. The molecule has 0 bridgehead atoms. The second-order valence-electron chi connectivity index (χ2n) is 3.12. The second kappa shape index (κ2) is 3.06. The van der Waals surface area contributed by atoms with Gasteiger partial charge in [-0.1, -0.05) is 23.9 Å². The first kappa shape index (κ1) is 7.94. The summed E-state index contributed by atoms with van der Waals surface area (Å²) in [5, 5.41) is 5.50. The molecule has 3 rings (SSSR count). The van der Waals surface area contributed by atoms with Gasteiger partial charge in [-0.2, -0.15) is 0 Å². The minimum absolute atomic E-state index is 0.238. The molecule has 0 fully saturated rings. The fraction of sp³-hybridized carbons (Fsp3) is 0.100. The first-order valence-electron chi connectivity index (χ1n) is 4.45. The highest BCUT2D eigenvalue weighted by Crippen LogP contribution is 2.29. The molecule has 4 heteroatoms. The lowest BCUT2D eigenvalue weighted by molar-refractivity contribution is 0.808. The van der Waals surface area contributed by atoms with Crippen LogP contribution in [0.1, 0.15) is 11.2 Å². The first-order valence-corrected chi connectivity index (χ1v) is 5.39. The molecule has 1 atom stereocenters. The maximum atomic E-state index is 4.52. The van der Waals surface area contributed by atoms with Crippen LogP contribution in [-0.4, -0.2) is 9.97 Å². The molecule has 1 aliphatic rings. The highest BCUT2D eigenvalue weighted by molar-refractivity contribution is 8.02. The number of hydrogen-bond donors (Lipinski definition) is 2. The Morgan fingerprint density at radius 1 is 1.29 bits per heavy atom. The van der Waals surface area contributed by atoms with Gasteiger partial charge in [0.2, 0.25) is 0 Å². The quantitative estimate of drug-likeness (QED) is 0.747. The number of H-pyrrole nitrogens is 1. The van der Waals surface area contributed by atoms with Gasteiger partial charge in [0.05, 0.1) is 11.0 Å². The summed E-state index contributed by atoms with van der Waals surface area (Å²) in [6.07, 6.45) is 1.95. The Kier molecular flexibility index (Phi) is 1.73. The normalized spacial score (nSPS) is 20.1. The van der Waals surface area contributed by atoms with E-state index in [9.17, 15) is 0 Å². The van der Waals surface area contributed by atoms with E-state index in [0.717, 1.165) is 16.9 Å². The lowest BCUT2D eigenvalue weighted by Gasteiger charge is -2.04. The smallest absolute Gasteiger partial charge is 0.140 e. The molecule has 0 saturated carbocycles. The van der Waals surface area contributed by atoms with Gasteiger partial charge >= 0.3 is 0 Å². The van der Waals surface area contributed by atoms with Crippen molar-refractivity contribution in [2.24, 2.45) is 0 Å². The average Bonchev–Trinajstić information content (AvgIpc) is 2.86. The Morgan fingerprint density at radius 3 is 3.00 bits per heavy atom. The van der Waals surface area contributed by atoms with Gasteiger partial charge in [0.25, 0.3) is 0 Å². The summed E-state index contributed by atoms with van der Waals surface area (Å²) < 4.78 is 0. The summed E-state index contributed by atoms with van der Waals surface area (Å²) in [6, 6.07) is 8.07. The Labute approximate surface area is 85.6 Å². The molecular weight excluding hydrogens is 194 g/mol. The van der Waals surface area contributed by atoms with Crippen molar-refractivity contribution in [2.45, 2.75) is 5.37 Å². The molecule has 70 valence electrons. The van der Waals surface area contributed by atoms with Gasteiger partial charge in [-0.15, -0.1) is 0 Å². The number of aromatic nitrogens is 2. The van der Waals surface area contributed by atoms with Crippen LogP contribution in [-0.2, 0) is 0 Å². The van der Waals surface area contributed by atoms with Crippen LogP contribution in [0, 0.1) is 0 Å². The van der Waals surface area contributed by atoms with Crippen molar-refractivity contribution in [3.8, 4) is 0 Å². The van der Waals surface area contributed by atoms with Gasteiger partial charge in [-0.25, -0.2) is 4.98 Å². The first-order chi connectivity index (χ1) is 6.93. The molecule has 1 aromatic carbocycles. The molecule has 2 heterocycles. The van der Waals surface area contributed by atoms with Crippen LogP contribution in [0.25, 0.3) is 11.0 Å². The van der Waals surface area contributed by atoms with Crippen molar-refractivity contribution in [1.82, 2.24) is 15.3 Å². The number of nitrogens with one attached hydrogen (secondary N) is 2. The maximum Gasteiger partial charge on any atom is 0.140 e. The van der Waals surface area contributed by atoms with Crippen LogP contribution in [0.4, 0.5) is 0 Å². The molecule has 0 saturated heterocycles. The van der Waals surface area contributed by atoms with Crippen LogP contribution >= 0.6 is 11.8 Å². The summed E-state index contributed by atoms with van der Waals surface area (Å²) in [6.45, 7) is 0. The van der Waals surface area contributed by atoms with Crippen molar-refractivity contribution in [3.63, 3.8) is 0 Å². The third kappa shape index (κ3) is 1.19. The van der Waals surface area contributed by atoms with Crippen molar-refractivity contribution in [2.75, 3.05) is 0 Å². The molecule has 0 amide bonds. The predicted molar refractivity (Wildman–Crippen MR) is 58.7 cm³/mol. The molecule has 1 aliphatic heterocycles. The van der Waals surface area contributed by atoms with Gasteiger partial charge in [-0.05, 0) is 17.5 Å². The predicted octanol–water partition coefficient (Wildman–Crippen LogP) is 2.37. The van der Waals surface area contributed by atoms with Crippen molar-refractivity contribution in [3.05, 3.63) is 41.7 Å². The van der Waals surface area contributed by atoms with Gasteiger partial charge in [0, 0.05) is 6.20 Å². The summed E-state index contributed by atoms with van der Waals surface area (Å²) in [7, 11) is 0.